The Kier molecular flexibility index (Phi) is 7.41. The fourth-order valence-electron chi connectivity index (χ4n) is 5.55. The second-order valence-electron chi connectivity index (χ2n) is 9.05. The van der Waals surface area contributed by atoms with E-state index in [9.17, 15) is 4.79 Å². The van der Waals surface area contributed by atoms with E-state index in [1.165, 1.54) is 48.9 Å². The highest BCUT2D eigenvalue weighted by Gasteiger charge is 2.38. The molecule has 2 aliphatic heterocycles. The summed E-state index contributed by atoms with van der Waals surface area (Å²) >= 11 is 0. The quantitative estimate of drug-likeness (QED) is 0.662. The molecule has 0 aromatic heterocycles. The van der Waals surface area contributed by atoms with Crippen LogP contribution in [-0.4, -0.2) is 47.4 Å². The standard InChI is InChI=1S/C27H37N3O/c1-3-22-13-8-14-23(4-2)27(22)28-26(31)20-30-18-10-16-25(30)24-15-9-17-29(24)19-21-11-6-5-7-12-21/h5-8,11-14,24-25H,3-4,9-10,15-20H2,1-2H3,(H,28,31). The van der Waals surface area contributed by atoms with Gasteiger partial charge < -0.3 is 5.32 Å². The number of para-hydroxylation sites is 1. The maximum absolute atomic E-state index is 13.1. The van der Waals surface area contributed by atoms with Gasteiger partial charge in [-0.2, -0.15) is 0 Å². The Bertz CT molecular complexity index is 844. The third kappa shape index (κ3) is 5.19. The fraction of sp³-hybridized carbons (Fsp3) is 0.519. The zero-order chi connectivity index (χ0) is 21.6. The van der Waals surface area contributed by atoms with Crippen LogP contribution in [0.4, 0.5) is 5.69 Å². The molecule has 2 aromatic carbocycles. The van der Waals surface area contributed by atoms with Crippen LogP contribution < -0.4 is 5.32 Å². The Morgan fingerprint density at radius 2 is 1.48 bits per heavy atom. The van der Waals surface area contributed by atoms with Crippen LogP contribution in [0.2, 0.25) is 0 Å². The summed E-state index contributed by atoms with van der Waals surface area (Å²) in [6, 6.07) is 18.2. The van der Waals surface area contributed by atoms with Crippen molar-refractivity contribution < 1.29 is 4.79 Å². The van der Waals surface area contributed by atoms with Gasteiger partial charge in [0, 0.05) is 24.3 Å². The number of hydrogen-bond acceptors (Lipinski definition) is 3. The minimum atomic E-state index is 0.134. The molecule has 2 atom stereocenters. The smallest absolute Gasteiger partial charge is 0.238 e. The van der Waals surface area contributed by atoms with Gasteiger partial charge in [-0.15, -0.1) is 0 Å². The molecule has 0 aliphatic carbocycles. The monoisotopic (exact) mass is 419 g/mol. The van der Waals surface area contributed by atoms with Crippen LogP contribution in [0.3, 0.4) is 0 Å². The van der Waals surface area contributed by atoms with Gasteiger partial charge in [-0.3, -0.25) is 14.6 Å². The number of aryl methyl sites for hydroxylation is 2. The molecule has 1 N–H and O–H groups in total. The minimum Gasteiger partial charge on any atom is -0.324 e. The molecule has 1 amide bonds. The highest BCUT2D eigenvalue weighted by Crippen LogP contribution is 2.31. The topological polar surface area (TPSA) is 35.6 Å². The summed E-state index contributed by atoms with van der Waals surface area (Å²) in [5.41, 5.74) is 4.89. The van der Waals surface area contributed by atoms with Crippen molar-refractivity contribution in [1.29, 1.82) is 0 Å². The summed E-state index contributed by atoms with van der Waals surface area (Å²) in [6.07, 6.45) is 6.78. The number of likely N-dealkylation sites (tertiary alicyclic amines) is 2. The summed E-state index contributed by atoms with van der Waals surface area (Å²) < 4.78 is 0. The van der Waals surface area contributed by atoms with Crippen LogP contribution in [-0.2, 0) is 24.2 Å². The lowest BCUT2D eigenvalue weighted by Gasteiger charge is -2.35. The van der Waals surface area contributed by atoms with Gasteiger partial charge in [0.05, 0.1) is 6.54 Å². The number of anilines is 1. The Balaban J connectivity index is 1.41. The lowest BCUT2D eigenvalue weighted by Crippen LogP contribution is -2.48. The normalized spacial score (nSPS) is 22.1. The molecule has 4 heteroatoms. The van der Waals surface area contributed by atoms with Gasteiger partial charge in [0.1, 0.15) is 0 Å². The number of nitrogens with zero attached hydrogens (tertiary/aromatic N) is 2. The summed E-state index contributed by atoms with van der Waals surface area (Å²) in [5.74, 6) is 0.134. The lowest BCUT2D eigenvalue weighted by atomic mass is 10.0. The average molecular weight is 420 g/mol. The van der Waals surface area contributed by atoms with Crippen LogP contribution in [0.25, 0.3) is 0 Å². The van der Waals surface area contributed by atoms with Gasteiger partial charge in [-0.1, -0.05) is 62.4 Å². The van der Waals surface area contributed by atoms with Crippen molar-refractivity contribution in [3.8, 4) is 0 Å². The van der Waals surface area contributed by atoms with Crippen molar-refractivity contribution in [3.05, 3.63) is 65.2 Å². The molecule has 2 saturated heterocycles. The zero-order valence-electron chi connectivity index (χ0n) is 19.1. The van der Waals surface area contributed by atoms with Crippen molar-refractivity contribution in [1.82, 2.24) is 9.80 Å². The van der Waals surface area contributed by atoms with Crippen LogP contribution in [0, 0.1) is 0 Å². The first-order valence-electron chi connectivity index (χ1n) is 12.1. The molecule has 2 unspecified atom stereocenters. The maximum atomic E-state index is 13.1. The molecule has 2 fully saturated rings. The van der Waals surface area contributed by atoms with Crippen molar-refractivity contribution >= 4 is 11.6 Å². The van der Waals surface area contributed by atoms with E-state index in [1.807, 2.05) is 0 Å². The van der Waals surface area contributed by atoms with Crippen LogP contribution >= 0.6 is 0 Å². The van der Waals surface area contributed by atoms with Crippen molar-refractivity contribution in [2.24, 2.45) is 0 Å². The van der Waals surface area contributed by atoms with E-state index < -0.39 is 0 Å². The minimum absolute atomic E-state index is 0.134. The summed E-state index contributed by atoms with van der Waals surface area (Å²) in [7, 11) is 0. The SMILES string of the molecule is CCc1cccc(CC)c1NC(=O)CN1CCCC1C1CCCN1Cc1ccccc1. The van der Waals surface area contributed by atoms with E-state index in [4.69, 9.17) is 0 Å². The molecule has 31 heavy (non-hydrogen) atoms. The first-order valence-corrected chi connectivity index (χ1v) is 12.1. The van der Waals surface area contributed by atoms with Gasteiger partial charge in [0.25, 0.3) is 0 Å². The molecule has 166 valence electrons. The molecular formula is C27H37N3O. The van der Waals surface area contributed by atoms with Gasteiger partial charge in [0.2, 0.25) is 5.91 Å². The molecule has 0 bridgehead atoms. The van der Waals surface area contributed by atoms with Crippen LogP contribution in [0.1, 0.15) is 56.2 Å². The number of amides is 1. The van der Waals surface area contributed by atoms with E-state index >= 15 is 0 Å². The summed E-state index contributed by atoms with van der Waals surface area (Å²) in [6.45, 7) is 8.03. The van der Waals surface area contributed by atoms with Crippen LogP contribution in [0.5, 0.6) is 0 Å². The fourth-order valence-corrected chi connectivity index (χ4v) is 5.55. The van der Waals surface area contributed by atoms with Gasteiger partial charge in [-0.05, 0) is 68.3 Å². The van der Waals surface area contributed by atoms with Crippen molar-refractivity contribution in [2.45, 2.75) is 71.0 Å². The average Bonchev–Trinajstić information content (AvgIpc) is 3.43. The molecule has 0 radical (unpaired) electrons. The van der Waals surface area contributed by atoms with Gasteiger partial charge in [0.15, 0.2) is 0 Å². The van der Waals surface area contributed by atoms with Crippen molar-refractivity contribution in [3.63, 3.8) is 0 Å². The Morgan fingerprint density at radius 1 is 0.871 bits per heavy atom. The van der Waals surface area contributed by atoms with E-state index in [0.717, 1.165) is 31.6 Å². The molecule has 4 nitrogen and oxygen atoms in total. The molecule has 2 aliphatic rings. The Labute approximate surface area is 187 Å². The molecular weight excluding hydrogens is 382 g/mol. The first kappa shape index (κ1) is 22.0. The third-order valence-corrected chi connectivity index (χ3v) is 7.11. The Hall–Kier alpha value is -2.17. The van der Waals surface area contributed by atoms with E-state index in [1.54, 1.807) is 0 Å². The molecule has 0 saturated carbocycles. The highest BCUT2D eigenvalue weighted by molar-refractivity contribution is 5.94. The number of carbonyl (C=O) groups excluding carboxylic acids is 1. The summed E-state index contributed by atoms with van der Waals surface area (Å²) in [4.78, 5) is 18.2. The van der Waals surface area contributed by atoms with E-state index in [0.29, 0.717) is 18.6 Å². The van der Waals surface area contributed by atoms with E-state index in [-0.39, 0.29) is 5.91 Å². The molecule has 2 heterocycles. The number of rotatable bonds is 8. The lowest BCUT2D eigenvalue weighted by molar-refractivity contribution is -0.117. The predicted molar refractivity (Wildman–Crippen MR) is 128 cm³/mol. The molecule has 4 rings (SSSR count). The maximum Gasteiger partial charge on any atom is 0.238 e. The molecule has 0 spiro atoms. The number of nitrogens with one attached hydrogen (secondary N) is 1. The zero-order valence-corrected chi connectivity index (χ0v) is 19.1. The predicted octanol–water partition coefficient (Wildman–Crippen LogP) is 4.88. The highest BCUT2D eigenvalue weighted by atomic mass is 16.2. The van der Waals surface area contributed by atoms with Gasteiger partial charge in [-0.25, -0.2) is 0 Å². The summed E-state index contributed by atoms with van der Waals surface area (Å²) in [5, 5.41) is 3.28. The number of carbonyl (C=O) groups is 1. The van der Waals surface area contributed by atoms with Crippen molar-refractivity contribution in [2.75, 3.05) is 25.0 Å². The largest absolute Gasteiger partial charge is 0.324 e. The number of hydrogen-bond donors (Lipinski definition) is 1. The van der Waals surface area contributed by atoms with E-state index in [2.05, 4.69) is 77.5 Å². The third-order valence-electron chi connectivity index (χ3n) is 7.11. The Morgan fingerprint density at radius 3 is 2.13 bits per heavy atom. The van der Waals surface area contributed by atoms with Gasteiger partial charge >= 0.3 is 0 Å². The first-order chi connectivity index (χ1) is 15.2. The second-order valence-corrected chi connectivity index (χ2v) is 9.05. The molecule has 2 aromatic rings. The number of benzene rings is 2. The van der Waals surface area contributed by atoms with Crippen LogP contribution in [0.15, 0.2) is 48.5 Å². The second kappa shape index (κ2) is 10.4.